The quantitative estimate of drug-likeness (QED) is 0.214. The number of nitrogens with one attached hydrogen (secondary N) is 1. The molecule has 0 bridgehead atoms. The van der Waals surface area contributed by atoms with Gasteiger partial charge in [-0.3, -0.25) is 19.2 Å². The van der Waals surface area contributed by atoms with Crippen molar-refractivity contribution in [1.29, 1.82) is 0 Å². The van der Waals surface area contributed by atoms with E-state index in [9.17, 15) is 44.7 Å². The van der Waals surface area contributed by atoms with E-state index in [0.29, 0.717) is 0 Å². The van der Waals surface area contributed by atoms with Crippen LogP contribution in [0.5, 0.6) is 17.2 Å². The molecule has 3 aromatic rings. The molecule has 2 aliphatic carbocycles. The lowest BCUT2D eigenvalue weighted by Gasteiger charge is -2.32. The number of rotatable bonds is 3. The monoisotopic (exact) mass is 505 g/mol. The lowest BCUT2D eigenvalue weighted by Crippen LogP contribution is -2.38. The number of carboxylic acids is 1. The minimum absolute atomic E-state index is 0.0804. The number of aliphatic carboxylic acids is 1. The Balaban J connectivity index is 1.76. The zero-order chi connectivity index (χ0) is 26.9. The van der Waals surface area contributed by atoms with Gasteiger partial charge in [-0.15, -0.1) is 0 Å². The fourth-order valence-corrected chi connectivity index (χ4v) is 4.81. The molecule has 0 aliphatic heterocycles. The summed E-state index contributed by atoms with van der Waals surface area (Å²) in [5.41, 5.74) is -2.44. The number of aliphatic hydroxyl groups excluding tert-OH is 2. The van der Waals surface area contributed by atoms with Crippen LogP contribution in [0.2, 0.25) is 0 Å². The fraction of sp³-hybridized carbons (Fsp3) is 0.154. The third kappa shape index (κ3) is 3.29. The van der Waals surface area contributed by atoms with Crippen molar-refractivity contribution in [2.24, 2.45) is 0 Å². The highest BCUT2D eigenvalue weighted by Crippen LogP contribution is 2.54. The summed E-state index contributed by atoms with van der Waals surface area (Å²) in [4.78, 5) is 50.3. The van der Waals surface area contributed by atoms with E-state index >= 15 is 0 Å². The molecular weight excluding hydrogens is 486 g/mol. The molecule has 37 heavy (non-hydrogen) atoms. The number of hydrogen-bond acceptors (Lipinski definition) is 9. The number of carbonyl (C=O) groups excluding carboxylic acids is 3. The van der Waals surface area contributed by atoms with Crippen LogP contribution >= 0.6 is 0 Å². The van der Waals surface area contributed by atoms with Crippen molar-refractivity contribution in [3.05, 3.63) is 75.3 Å². The molecule has 11 heteroatoms. The number of aliphatic hydroxyl groups is 2. The highest BCUT2D eigenvalue weighted by atomic mass is 16.4. The van der Waals surface area contributed by atoms with E-state index in [1.54, 1.807) is 0 Å². The number of phenolic OH excluding ortho intramolecular Hbond substituents is 3. The van der Waals surface area contributed by atoms with Crippen LogP contribution in [-0.4, -0.2) is 60.1 Å². The van der Waals surface area contributed by atoms with E-state index in [1.165, 1.54) is 31.2 Å². The molecule has 0 spiro atoms. The summed E-state index contributed by atoms with van der Waals surface area (Å²) in [6, 6.07) is 5.99. The smallest absolute Gasteiger partial charge is 0.325 e. The molecule has 1 amide bonds. The Bertz CT molecular complexity index is 1570. The zero-order valence-corrected chi connectivity index (χ0v) is 19.0. The number of ketones is 2. The van der Waals surface area contributed by atoms with Crippen molar-refractivity contribution in [3.63, 3.8) is 0 Å². The predicted octanol–water partition coefficient (Wildman–Crippen LogP) is 1.53. The van der Waals surface area contributed by atoms with Gasteiger partial charge in [0, 0.05) is 22.3 Å². The summed E-state index contributed by atoms with van der Waals surface area (Å²) < 4.78 is 0. The van der Waals surface area contributed by atoms with Crippen LogP contribution < -0.4 is 5.32 Å². The van der Waals surface area contributed by atoms with Crippen LogP contribution in [0, 0.1) is 0 Å². The van der Waals surface area contributed by atoms with E-state index in [0.717, 1.165) is 12.1 Å². The molecule has 0 saturated carbocycles. The Hall–Kier alpha value is -4.74. The summed E-state index contributed by atoms with van der Waals surface area (Å²) in [5.74, 6) is -5.87. The van der Waals surface area contributed by atoms with Gasteiger partial charge in [0.2, 0.25) is 0 Å². The molecular formula is C26H19NO10. The van der Waals surface area contributed by atoms with Crippen molar-refractivity contribution < 1.29 is 49.8 Å². The molecule has 5 rings (SSSR count). The normalized spacial score (nSPS) is 18.2. The van der Waals surface area contributed by atoms with E-state index < -0.39 is 70.1 Å². The summed E-state index contributed by atoms with van der Waals surface area (Å²) in [5, 5.41) is 65.3. The second kappa shape index (κ2) is 8.15. The van der Waals surface area contributed by atoms with E-state index in [2.05, 4.69) is 5.32 Å². The van der Waals surface area contributed by atoms with Gasteiger partial charge in [0.1, 0.15) is 35.5 Å². The topological polar surface area (TPSA) is 202 Å². The molecule has 0 radical (unpaired) electrons. The SMILES string of the molecule is C[C@@H](NC(=O)c1ccc2c(c1O)-c1c(cc3c(c1O)C(=O)c1cccc(O)c1C3=O)[C@H](O)[C@H]2O)C(=O)O. The predicted molar refractivity (Wildman–Crippen MR) is 125 cm³/mol. The van der Waals surface area contributed by atoms with Crippen molar-refractivity contribution in [3.8, 4) is 28.4 Å². The number of carboxylic acid groups (broad SMARTS) is 1. The Morgan fingerprint density at radius 1 is 0.811 bits per heavy atom. The van der Waals surface area contributed by atoms with Crippen LogP contribution in [0.1, 0.15) is 72.5 Å². The largest absolute Gasteiger partial charge is 0.507 e. The number of aromatic hydroxyl groups is 3. The first-order valence-corrected chi connectivity index (χ1v) is 11.0. The first kappa shape index (κ1) is 24.0. The van der Waals surface area contributed by atoms with E-state index in [-0.39, 0.29) is 38.9 Å². The number of carbonyl (C=O) groups is 4. The molecule has 3 aromatic carbocycles. The minimum Gasteiger partial charge on any atom is -0.507 e. The number of phenols is 3. The number of benzene rings is 3. The fourth-order valence-electron chi connectivity index (χ4n) is 4.81. The molecule has 11 nitrogen and oxygen atoms in total. The van der Waals surface area contributed by atoms with E-state index in [4.69, 9.17) is 5.11 Å². The molecule has 0 saturated heterocycles. The molecule has 0 heterocycles. The molecule has 188 valence electrons. The highest BCUT2D eigenvalue weighted by molar-refractivity contribution is 6.31. The molecule has 7 N–H and O–H groups in total. The summed E-state index contributed by atoms with van der Waals surface area (Å²) >= 11 is 0. The van der Waals surface area contributed by atoms with Crippen molar-refractivity contribution in [2.75, 3.05) is 0 Å². The van der Waals surface area contributed by atoms with E-state index in [1.807, 2.05) is 0 Å². The van der Waals surface area contributed by atoms with Crippen molar-refractivity contribution >= 4 is 23.4 Å². The summed E-state index contributed by atoms with van der Waals surface area (Å²) in [7, 11) is 0. The maximum absolute atomic E-state index is 13.3. The van der Waals surface area contributed by atoms with Crippen molar-refractivity contribution in [2.45, 2.75) is 25.2 Å². The number of hydrogen-bond donors (Lipinski definition) is 7. The lowest BCUT2D eigenvalue weighted by atomic mass is 9.74. The van der Waals surface area contributed by atoms with Gasteiger partial charge in [-0.25, -0.2) is 0 Å². The van der Waals surface area contributed by atoms with Gasteiger partial charge in [0.15, 0.2) is 11.6 Å². The third-order valence-electron chi connectivity index (χ3n) is 6.68. The molecule has 3 atom stereocenters. The zero-order valence-electron chi connectivity index (χ0n) is 19.0. The van der Waals surface area contributed by atoms with Gasteiger partial charge < -0.3 is 36.0 Å². The third-order valence-corrected chi connectivity index (χ3v) is 6.68. The Morgan fingerprint density at radius 3 is 2.11 bits per heavy atom. The van der Waals surface area contributed by atoms with Crippen LogP contribution in [0.3, 0.4) is 0 Å². The molecule has 2 aliphatic rings. The maximum Gasteiger partial charge on any atom is 0.325 e. The Kier molecular flexibility index (Phi) is 5.28. The first-order chi connectivity index (χ1) is 17.5. The number of fused-ring (bicyclic) bond motifs is 5. The second-order valence-electron chi connectivity index (χ2n) is 8.82. The Labute approximate surface area is 207 Å². The maximum atomic E-state index is 13.3. The van der Waals surface area contributed by atoms with Gasteiger partial charge in [-0.2, -0.15) is 0 Å². The summed E-state index contributed by atoms with van der Waals surface area (Å²) in [6.07, 6.45) is -3.35. The van der Waals surface area contributed by atoms with Crippen LogP contribution in [-0.2, 0) is 4.79 Å². The van der Waals surface area contributed by atoms with Crippen LogP contribution in [0.25, 0.3) is 11.1 Å². The molecule has 0 fully saturated rings. The van der Waals surface area contributed by atoms with Gasteiger partial charge in [0.05, 0.1) is 16.7 Å². The highest BCUT2D eigenvalue weighted by Gasteiger charge is 2.42. The average molecular weight is 505 g/mol. The van der Waals surface area contributed by atoms with Gasteiger partial charge in [0.25, 0.3) is 5.91 Å². The Morgan fingerprint density at radius 2 is 1.43 bits per heavy atom. The minimum atomic E-state index is -1.70. The van der Waals surface area contributed by atoms with Gasteiger partial charge in [-0.05, 0) is 36.2 Å². The van der Waals surface area contributed by atoms with Crippen LogP contribution in [0.4, 0.5) is 0 Å². The van der Waals surface area contributed by atoms with Crippen LogP contribution in [0.15, 0.2) is 36.4 Å². The second-order valence-corrected chi connectivity index (χ2v) is 8.82. The van der Waals surface area contributed by atoms with Gasteiger partial charge >= 0.3 is 5.97 Å². The van der Waals surface area contributed by atoms with Crippen molar-refractivity contribution in [1.82, 2.24) is 5.32 Å². The standard InChI is InChI=1S/C26H19NO10/c1-8(26(36)37)27-25(35)11-6-5-10-16(20(11)30)17-12(23(33)22(10)32)7-13-18(24(17)34)19(29)9-3-2-4-14(28)15(9)21(13)31/h2-8,22-23,28,30,32-34H,1H3,(H,27,35)(H,36,37)/t8-,22+,23+/m1/s1. The number of amides is 1. The average Bonchev–Trinajstić information content (AvgIpc) is 2.85. The lowest BCUT2D eigenvalue weighted by molar-refractivity contribution is -0.138. The molecule has 0 aromatic heterocycles. The summed E-state index contributed by atoms with van der Waals surface area (Å²) in [6.45, 7) is 1.21. The first-order valence-electron chi connectivity index (χ1n) is 11.0. The molecule has 0 unspecified atom stereocenters. The van der Waals surface area contributed by atoms with Gasteiger partial charge in [-0.1, -0.05) is 18.2 Å².